The summed E-state index contributed by atoms with van der Waals surface area (Å²) in [5.74, 6) is -0.198. The van der Waals surface area contributed by atoms with Crippen LogP contribution in [0.3, 0.4) is 0 Å². The van der Waals surface area contributed by atoms with Crippen molar-refractivity contribution in [1.29, 1.82) is 5.26 Å². The number of pyridine rings is 1. The molecule has 1 aromatic heterocycles. The summed E-state index contributed by atoms with van der Waals surface area (Å²) < 4.78 is 0. The number of carbonyl (C=O) groups excluding carboxylic acids is 1. The van der Waals surface area contributed by atoms with E-state index >= 15 is 0 Å². The van der Waals surface area contributed by atoms with Gasteiger partial charge in [-0.25, -0.2) is 0 Å². The van der Waals surface area contributed by atoms with Crippen LogP contribution in [0.15, 0.2) is 73.1 Å². The summed E-state index contributed by atoms with van der Waals surface area (Å²) in [6.45, 7) is 0. The molecule has 24 heavy (non-hydrogen) atoms. The number of carbonyl (C=O) groups is 1. The summed E-state index contributed by atoms with van der Waals surface area (Å²) >= 11 is 0. The largest absolute Gasteiger partial charge is 0.356 e. The number of nitrogens with zero attached hydrogens (tertiary/aromatic N) is 2. The molecule has 0 aliphatic heterocycles. The van der Waals surface area contributed by atoms with Crippen LogP contribution in [-0.4, -0.2) is 10.9 Å². The Hall–Kier alpha value is -3.65. The summed E-state index contributed by atoms with van der Waals surface area (Å²) in [4.78, 5) is 16.0. The van der Waals surface area contributed by atoms with Crippen LogP contribution >= 0.6 is 0 Å². The van der Waals surface area contributed by atoms with Crippen LogP contribution < -0.4 is 10.6 Å². The number of benzene rings is 2. The van der Waals surface area contributed by atoms with Crippen molar-refractivity contribution in [1.82, 2.24) is 4.98 Å². The van der Waals surface area contributed by atoms with Crippen molar-refractivity contribution >= 4 is 23.0 Å². The van der Waals surface area contributed by atoms with E-state index in [9.17, 15) is 4.79 Å². The van der Waals surface area contributed by atoms with Gasteiger partial charge in [0.25, 0.3) is 5.91 Å². The molecule has 0 aliphatic rings. The van der Waals surface area contributed by atoms with Crippen LogP contribution in [0.2, 0.25) is 0 Å². The number of hydrogen-bond donors (Lipinski definition) is 2. The smallest absolute Gasteiger partial charge is 0.257 e. The average molecular weight is 314 g/mol. The molecule has 0 saturated heterocycles. The van der Waals surface area contributed by atoms with Gasteiger partial charge in [0.05, 0.1) is 17.2 Å². The van der Waals surface area contributed by atoms with Crippen LogP contribution in [0.5, 0.6) is 0 Å². The topological polar surface area (TPSA) is 77.8 Å². The number of rotatable bonds is 4. The Bertz CT molecular complexity index is 866. The standard InChI is InChI=1S/C19H14N4O/c20-12-14-3-5-16(6-4-14)22-17-7-9-18(10-8-17)23-19(24)15-2-1-11-21-13-15/h1-11,13,22H,(H,23,24). The molecule has 0 saturated carbocycles. The van der Waals surface area contributed by atoms with E-state index in [4.69, 9.17) is 5.26 Å². The first kappa shape index (κ1) is 15.3. The molecule has 3 aromatic rings. The maximum absolute atomic E-state index is 12.1. The van der Waals surface area contributed by atoms with Crippen LogP contribution in [0.1, 0.15) is 15.9 Å². The Morgan fingerprint density at radius 1 is 0.917 bits per heavy atom. The van der Waals surface area contributed by atoms with E-state index in [1.165, 1.54) is 6.20 Å². The molecule has 0 bridgehead atoms. The highest BCUT2D eigenvalue weighted by atomic mass is 16.1. The number of hydrogen-bond acceptors (Lipinski definition) is 4. The maximum atomic E-state index is 12.1. The van der Waals surface area contributed by atoms with E-state index < -0.39 is 0 Å². The Morgan fingerprint density at radius 2 is 1.54 bits per heavy atom. The van der Waals surface area contributed by atoms with Crippen molar-refractivity contribution in [3.63, 3.8) is 0 Å². The molecule has 0 radical (unpaired) electrons. The zero-order chi connectivity index (χ0) is 16.8. The zero-order valence-electron chi connectivity index (χ0n) is 12.7. The number of nitriles is 1. The van der Waals surface area contributed by atoms with Crippen molar-refractivity contribution in [2.45, 2.75) is 0 Å². The first-order valence-corrected chi connectivity index (χ1v) is 7.33. The van der Waals surface area contributed by atoms with Gasteiger partial charge in [-0.1, -0.05) is 0 Å². The third-order valence-electron chi connectivity index (χ3n) is 3.37. The Morgan fingerprint density at radius 3 is 2.12 bits per heavy atom. The molecule has 0 unspecified atom stereocenters. The molecule has 1 heterocycles. The SMILES string of the molecule is N#Cc1ccc(Nc2ccc(NC(=O)c3cccnc3)cc2)cc1. The average Bonchev–Trinajstić information content (AvgIpc) is 2.65. The zero-order valence-corrected chi connectivity index (χ0v) is 12.7. The van der Waals surface area contributed by atoms with Crippen molar-refractivity contribution in [2.75, 3.05) is 10.6 Å². The first-order chi connectivity index (χ1) is 11.7. The predicted octanol–water partition coefficient (Wildman–Crippen LogP) is 3.95. The van der Waals surface area contributed by atoms with Crippen LogP contribution in [0.4, 0.5) is 17.1 Å². The van der Waals surface area contributed by atoms with Gasteiger partial charge in [-0.15, -0.1) is 0 Å². The summed E-state index contributed by atoms with van der Waals surface area (Å²) in [6, 6.07) is 20.1. The summed E-state index contributed by atoms with van der Waals surface area (Å²) in [5.41, 5.74) is 3.61. The lowest BCUT2D eigenvalue weighted by molar-refractivity contribution is 0.102. The van der Waals surface area contributed by atoms with Gasteiger partial charge in [0.2, 0.25) is 0 Å². The minimum atomic E-state index is -0.198. The molecule has 1 amide bonds. The molecule has 5 nitrogen and oxygen atoms in total. The van der Waals surface area contributed by atoms with E-state index in [1.54, 1.807) is 30.5 Å². The van der Waals surface area contributed by atoms with E-state index in [1.807, 2.05) is 36.4 Å². The molecule has 0 spiro atoms. The quantitative estimate of drug-likeness (QED) is 0.764. The van der Waals surface area contributed by atoms with Gasteiger partial charge in [-0.2, -0.15) is 5.26 Å². The highest BCUT2D eigenvalue weighted by Gasteiger charge is 2.05. The van der Waals surface area contributed by atoms with Gasteiger partial charge < -0.3 is 10.6 Å². The normalized spacial score (nSPS) is 9.79. The molecular formula is C19H14N4O. The highest BCUT2D eigenvalue weighted by Crippen LogP contribution is 2.19. The lowest BCUT2D eigenvalue weighted by Crippen LogP contribution is -2.11. The van der Waals surface area contributed by atoms with Gasteiger partial charge in [-0.05, 0) is 60.7 Å². The number of amides is 1. The molecule has 116 valence electrons. The van der Waals surface area contributed by atoms with Crippen molar-refractivity contribution < 1.29 is 4.79 Å². The van der Waals surface area contributed by atoms with Crippen LogP contribution in [-0.2, 0) is 0 Å². The van der Waals surface area contributed by atoms with Crippen LogP contribution in [0, 0.1) is 11.3 Å². The highest BCUT2D eigenvalue weighted by molar-refractivity contribution is 6.04. The molecule has 5 heteroatoms. The van der Waals surface area contributed by atoms with Crippen molar-refractivity contribution in [3.8, 4) is 6.07 Å². The van der Waals surface area contributed by atoms with E-state index in [0.717, 1.165) is 11.4 Å². The molecule has 0 atom stereocenters. The predicted molar refractivity (Wildman–Crippen MR) is 93.1 cm³/mol. The minimum Gasteiger partial charge on any atom is -0.356 e. The Kier molecular flexibility index (Phi) is 4.50. The fourth-order valence-corrected chi connectivity index (χ4v) is 2.13. The molecule has 0 fully saturated rings. The van der Waals surface area contributed by atoms with E-state index in [-0.39, 0.29) is 5.91 Å². The third kappa shape index (κ3) is 3.76. The second-order valence-corrected chi connectivity index (χ2v) is 5.09. The summed E-state index contributed by atoms with van der Waals surface area (Å²) in [6.07, 6.45) is 3.15. The number of aromatic nitrogens is 1. The van der Waals surface area contributed by atoms with Crippen LogP contribution in [0.25, 0.3) is 0 Å². The molecule has 0 aliphatic carbocycles. The fourth-order valence-electron chi connectivity index (χ4n) is 2.13. The summed E-state index contributed by atoms with van der Waals surface area (Å²) in [7, 11) is 0. The Labute approximate surface area is 139 Å². The monoisotopic (exact) mass is 314 g/mol. The van der Waals surface area contributed by atoms with E-state index in [2.05, 4.69) is 21.7 Å². The van der Waals surface area contributed by atoms with Gasteiger partial charge in [0.15, 0.2) is 0 Å². The van der Waals surface area contributed by atoms with Gasteiger partial charge in [0.1, 0.15) is 0 Å². The third-order valence-corrected chi connectivity index (χ3v) is 3.37. The van der Waals surface area contributed by atoms with Gasteiger partial charge >= 0.3 is 0 Å². The lowest BCUT2D eigenvalue weighted by Gasteiger charge is -2.09. The second-order valence-electron chi connectivity index (χ2n) is 5.09. The van der Waals surface area contributed by atoms with Gasteiger partial charge in [0, 0.05) is 29.5 Å². The fraction of sp³-hybridized carbons (Fsp3) is 0. The number of nitrogens with one attached hydrogen (secondary N) is 2. The summed E-state index contributed by atoms with van der Waals surface area (Å²) in [5, 5.41) is 14.9. The number of anilines is 3. The first-order valence-electron chi connectivity index (χ1n) is 7.33. The molecule has 2 aromatic carbocycles. The van der Waals surface area contributed by atoms with E-state index in [0.29, 0.717) is 16.8 Å². The van der Waals surface area contributed by atoms with Crippen molar-refractivity contribution in [2.24, 2.45) is 0 Å². The molecule has 2 N–H and O–H groups in total. The molecular weight excluding hydrogens is 300 g/mol. The van der Waals surface area contributed by atoms with Crippen molar-refractivity contribution in [3.05, 3.63) is 84.2 Å². The second kappa shape index (κ2) is 7.07. The lowest BCUT2D eigenvalue weighted by atomic mass is 10.2. The minimum absolute atomic E-state index is 0.198. The maximum Gasteiger partial charge on any atom is 0.257 e. The Balaban J connectivity index is 1.65. The van der Waals surface area contributed by atoms with Gasteiger partial charge in [-0.3, -0.25) is 9.78 Å². The molecule has 3 rings (SSSR count).